The fourth-order valence-corrected chi connectivity index (χ4v) is 1.77. The highest BCUT2D eigenvalue weighted by Crippen LogP contribution is 2.17. The van der Waals surface area contributed by atoms with Crippen LogP contribution in [0.3, 0.4) is 0 Å². The van der Waals surface area contributed by atoms with Crippen molar-refractivity contribution in [3.8, 4) is 5.75 Å². The van der Waals surface area contributed by atoms with Crippen LogP contribution in [0.25, 0.3) is 0 Å². The molecule has 0 fully saturated rings. The Hall–Kier alpha value is -1.26. The molecule has 0 radical (unpaired) electrons. The van der Waals surface area contributed by atoms with Gasteiger partial charge < -0.3 is 15.8 Å². The zero-order valence-corrected chi connectivity index (χ0v) is 14.8. The quantitative estimate of drug-likeness (QED) is 0.756. The molecule has 0 bridgehead atoms. The Morgan fingerprint density at radius 1 is 1.23 bits per heavy atom. The third-order valence-electron chi connectivity index (χ3n) is 3.38. The van der Waals surface area contributed by atoms with Gasteiger partial charge in [-0.15, -0.1) is 12.4 Å². The Kier molecular flexibility index (Phi) is 9.14. The van der Waals surface area contributed by atoms with Gasteiger partial charge in [-0.3, -0.25) is 4.79 Å². The van der Waals surface area contributed by atoms with E-state index in [2.05, 4.69) is 12.2 Å². The number of unbranched alkanes of at least 4 members (excludes halogenated alkanes) is 1. The van der Waals surface area contributed by atoms with E-state index in [-0.39, 0.29) is 23.7 Å². The largest absolute Gasteiger partial charge is 0.494 e. The van der Waals surface area contributed by atoms with E-state index in [0.29, 0.717) is 13.2 Å². The van der Waals surface area contributed by atoms with Crippen LogP contribution < -0.4 is 15.8 Å². The summed E-state index contributed by atoms with van der Waals surface area (Å²) in [4.78, 5) is 11.8. The lowest BCUT2D eigenvalue weighted by molar-refractivity contribution is -0.124. The van der Waals surface area contributed by atoms with Crippen LogP contribution in [0.1, 0.15) is 39.2 Å². The van der Waals surface area contributed by atoms with Crippen molar-refractivity contribution in [1.29, 1.82) is 0 Å². The molecule has 0 aromatic heterocycles. The second-order valence-electron chi connectivity index (χ2n) is 6.50. The summed E-state index contributed by atoms with van der Waals surface area (Å²) >= 11 is 0. The summed E-state index contributed by atoms with van der Waals surface area (Å²) in [7, 11) is 0. The molecule has 126 valence electrons. The maximum Gasteiger partial charge on any atom is 0.237 e. The standard InChI is InChI=1S/C17H28N2O2.ClH/c1-13-7-9-14(10-8-13)21-12-6-5-11-19-16(20)15(18)17(2,3)4;/h7-10,15H,5-6,11-12,18H2,1-4H3,(H,19,20);1H/t15-;/m1./s1. The van der Waals surface area contributed by atoms with Crippen LogP contribution in [0.4, 0.5) is 0 Å². The minimum absolute atomic E-state index is 0. The monoisotopic (exact) mass is 328 g/mol. The highest BCUT2D eigenvalue weighted by atomic mass is 35.5. The second-order valence-corrected chi connectivity index (χ2v) is 6.50. The lowest BCUT2D eigenvalue weighted by Crippen LogP contribution is -2.48. The van der Waals surface area contributed by atoms with Crippen molar-refractivity contribution in [1.82, 2.24) is 5.32 Å². The number of halogens is 1. The van der Waals surface area contributed by atoms with E-state index in [4.69, 9.17) is 10.5 Å². The van der Waals surface area contributed by atoms with Gasteiger partial charge in [0, 0.05) is 6.54 Å². The molecular weight excluding hydrogens is 300 g/mol. The van der Waals surface area contributed by atoms with Crippen molar-refractivity contribution in [2.75, 3.05) is 13.2 Å². The summed E-state index contributed by atoms with van der Waals surface area (Å²) in [6.07, 6.45) is 1.79. The predicted molar refractivity (Wildman–Crippen MR) is 93.6 cm³/mol. The summed E-state index contributed by atoms with van der Waals surface area (Å²) in [5, 5.41) is 2.88. The predicted octanol–water partition coefficient (Wildman–Crippen LogP) is 3.07. The summed E-state index contributed by atoms with van der Waals surface area (Å²) in [6.45, 7) is 9.24. The molecule has 0 spiro atoms. The molecule has 0 aliphatic heterocycles. The first-order chi connectivity index (χ1) is 9.80. The summed E-state index contributed by atoms with van der Waals surface area (Å²) < 4.78 is 5.63. The molecule has 1 aromatic rings. The zero-order chi connectivity index (χ0) is 15.9. The molecule has 1 rings (SSSR count). The molecule has 3 N–H and O–H groups in total. The first-order valence-corrected chi connectivity index (χ1v) is 7.53. The third-order valence-corrected chi connectivity index (χ3v) is 3.38. The molecule has 5 heteroatoms. The van der Waals surface area contributed by atoms with Gasteiger partial charge in [-0.2, -0.15) is 0 Å². The molecule has 1 amide bonds. The van der Waals surface area contributed by atoms with Gasteiger partial charge >= 0.3 is 0 Å². The zero-order valence-electron chi connectivity index (χ0n) is 14.0. The molecule has 0 heterocycles. The number of ether oxygens (including phenoxy) is 1. The number of hydrogen-bond acceptors (Lipinski definition) is 3. The number of benzene rings is 1. The Morgan fingerprint density at radius 2 is 1.82 bits per heavy atom. The van der Waals surface area contributed by atoms with Gasteiger partial charge in [0.15, 0.2) is 0 Å². The summed E-state index contributed by atoms with van der Waals surface area (Å²) in [5.41, 5.74) is 6.90. The van der Waals surface area contributed by atoms with Crippen molar-refractivity contribution in [3.63, 3.8) is 0 Å². The van der Waals surface area contributed by atoms with Crippen molar-refractivity contribution in [2.45, 2.75) is 46.6 Å². The summed E-state index contributed by atoms with van der Waals surface area (Å²) in [5.74, 6) is 0.807. The third kappa shape index (κ3) is 7.66. The van der Waals surface area contributed by atoms with E-state index >= 15 is 0 Å². The molecule has 0 saturated carbocycles. The minimum Gasteiger partial charge on any atom is -0.494 e. The molecule has 4 nitrogen and oxygen atoms in total. The SMILES string of the molecule is Cc1ccc(OCCCCNC(=O)[C@@H](N)C(C)(C)C)cc1.Cl. The van der Waals surface area contributed by atoms with Crippen molar-refractivity contribution < 1.29 is 9.53 Å². The van der Waals surface area contributed by atoms with E-state index in [1.54, 1.807) is 0 Å². The van der Waals surface area contributed by atoms with Gasteiger partial charge in [0.2, 0.25) is 5.91 Å². The smallest absolute Gasteiger partial charge is 0.237 e. The highest BCUT2D eigenvalue weighted by Gasteiger charge is 2.26. The fraction of sp³-hybridized carbons (Fsp3) is 0.588. The number of nitrogens with two attached hydrogens (primary N) is 1. The number of carbonyl (C=O) groups is 1. The van der Waals surface area contributed by atoms with E-state index in [1.807, 2.05) is 45.0 Å². The second kappa shape index (κ2) is 9.70. The van der Waals surface area contributed by atoms with Crippen LogP contribution >= 0.6 is 12.4 Å². The van der Waals surface area contributed by atoms with E-state index in [0.717, 1.165) is 18.6 Å². The normalized spacial score (nSPS) is 12.2. The van der Waals surface area contributed by atoms with Crippen molar-refractivity contribution in [2.24, 2.45) is 11.1 Å². The van der Waals surface area contributed by atoms with Crippen LogP contribution in [0.5, 0.6) is 5.75 Å². The molecule has 0 saturated heterocycles. The van der Waals surface area contributed by atoms with Crippen LogP contribution in [-0.4, -0.2) is 25.1 Å². The minimum atomic E-state index is -0.471. The van der Waals surface area contributed by atoms with Gasteiger partial charge in [-0.1, -0.05) is 38.5 Å². The van der Waals surface area contributed by atoms with E-state index in [9.17, 15) is 4.79 Å². The molecule has 22 heavy (non-hydrogen) atoms. The number of hydrogen-bond donors (Lipinski definition) is 2. The van der Waals surface area contributed by atoms with Crippen molar-refractivity contribution >= 4 is 18.3 Å². The Balaban J connectivity index is 0.00000441. The first-order valence-electron chi connectivity index (χ1n) is 7.53. The highest BCUT2D eigenvalue weighted by molar-refractivity contribution is 5.85. The van der Waals surface area contributed by atoms with Gasteiger partial charge in [-0.05, 0) is 37.3 Å². The number of rotatable bonds is 7. The molecule has 0 aliphatic carbocycles. The lowest BCUT2D eigenvalue weighted by Gasteiger charge is -2.25. The topological polar surface area (TPSA) is 64.3 Å². The number of aryl methyl sites for hydroxylation is 1. The van der Waals surface area contributed by atoms with Gasteiger partial charge in [0.05, 0.1) is 12.6 Å². The number of amides is 1. The Bertz CT molecular complexity index is 441. The maximum atomic E-state index is 11.8. The van der Waals surface area contributed by atoms with Gasteiger partial charge in [0.1, 0.15) is 5.75 Å². The average molecular weight is 329 g/mol. The van der Waals surface area contributed by atoms with Crippen molar-refractivity contribution in [3.05, 3.63) is 29.8 Å². The maximum absolute atomic E-state index is 11.8. The Morgan fingerprint density at radius 3 is 2.36 bits per heavy atom. The van der Waals surface area contributed by atoms with Gasteiger partial charge in [-0.25, -0.2) is 0 Å². The molecule has 1 aromatic carbocycles. The molecular formula is C17H29ClN2O2. The number of carbonyl (C=O) groups excluding carboxylic acids is 1. The Labute approximate surface area is 140 Å². The number of nitrogens with one attached hydrogen (secondary N) is 1. The van der Waals surface area contributed by atoms with Crippen LogP contribution in [0, 0.1) is 12.3 Å². The molecule has 1 atom stereocenters. The lowest BCUT2D eigenvalue weighted by atomic mass is 9.87. The molecule has 0 unspecified atom stereocenters. The first kappa shape index (κ1) is 20.7. The van der Waals surface area contributed by atoms with Crippen LogP contribution in [-0.2, 0) is 4.79 Å². The van der Waals surface area contributed by atoms with Gasteiger partial charge in [0.25, 0.3) is 0 Å². The van der Waals surface area contributed by atoms with E-state index < -0.39 is 6.04 Å². The fourth-order valence-electron chi connectivity index (χ4n) is 1.77. The van der Waals surface area contributed by atoms with Crippen LogP contribution in [0.2, 0.25) is 0 Å². The van der Waals surface area contributed by atoms with Crippen LogP contribution in [0.15, 0.2) is 24.3 Å². The average Bonchev–Trinajstić information content (AvgIpc) is 2.42. The summed E-state index contributed by atoms with van der Waals surface area (Å²) in [6, 6.07) is 7.53. The molecule has 0 aliphatic rings. The van der Waals surface area contributed by atoms with E-state index in [1.165, 1.54) is 5.56 Å².